The number of halogens is 1. The van der Waals surface area contributed by atoms with Crippen molar-refractivity contribution in [1.82, 2.24) is 5.32 Å². The lowest BCUT2D eigenvalue weighted by Gasteiger charge is -2.22. The highest BCUT2D eigenvalue weighted by Crippen LogP contribution is 2.23. The largest absolute Gasteiger partial charge is 0.304 e. The van der Waals surface area contributed by atoms with Crippen molar-refractivity contribution < 1.29 is 4.39 Å². The van der Waals surface area contributed by atoms with Crippen LogP contribution in [0.15, 0.2) is 42.5 Å². The molecule has 2 aromatic carbocycles. The van der Waals surface area contributed by atoms with Crippen LogP contribution in [-0.2, 0) is 0 Å². The van der Waals surface area contributed by atoms with Crippen molar-refractivity contribution >= 4 is 0 Å². The summed E-state index contributed by atoms with van der Waals surface area (Å²) in [6.07, 6.45) is 0. The van der Waals surface area contributed by atoms with Gasteiger partial charge >= 0.3 is 0 Å². The number of benzene rings is 2. The molecular formula is C18H22FN. The molecule has 0 spiro atoms. The fraction of sp³-hybridized carbons (Fsp3) is 0.333. The maximum atomic E-state index is 13.8. The van der Waals surface area contributed by atoms with E-state index in [1.54, 1.807) is 6.07 Å². The van der Waals surface area contributed by atoms with Gasteiger partial charge in [-0.05, 0) is 44.9 Å². The van der Waals surface area contributed by atoms with E-state index in [-0.39, 0.29) is 17.9 Å². The summed E-state index contributed by atoms with van der Waals surface area (Å²) < 4.78 is 13.8. The average molecular weight is 271 g/mol. The maximum Gasteiger partial charge on any atom is 0.127 e. The fourth-order valence-electron chi connectivity index (χ4n) is 2.69. The van der Waals surface area contributed by atoms with Crippen molar-refractivity contribution in [3.8, 4) is 0 Å². The van der Waals surface area contributed by atoms with Gasteiger partial charge in [-0.1, -0.05) is 42.0 Å². The Morgan fingerprint density at radius 1 is 0.900 bits per heavy atom. The van der Waals surface area contributed by atoms with Crippen LogP contribution in [0.4, 0.5) is 4.39 Å². The summed E-state index contributed by atoms with van der Waals surface area (Å²) in [4.78, 5) is 0. The lowest BCUT2D eigenvalue weighted by Crippen LogP contribution is -2.23. The van der Waals surface area contributed by atoms with Crippen LogP contribution in [0, 0.1) is 19.7 Å². The van der Waals surface area contributed by atoms with Gasteiger partial charge in [0.1, 0.15) is 5.82 Å². The van der Waals surface area contributed by atoms with E-state index >= 15 is 0 Å². The van der Waals surface area contributed by atoms with E-state index in [0.29, 0.717) is 5.56 Å². The topological polar surface area (TPSA) is 12.0 Å². The van der Waals surface area contributed by atoms with Crippen LogP contribution in [0.3, 0.4) is 0 Å². The summed E-state index contributed by atoms with van der Waals surface area (Å²) in [7, 11) is 0. The van der Waals surface area contributed by atoms with Gasteiger partial charge in [0.2, 0.25) is 0 Å². The molecule has 1 nitrogen and oxygen atoms in total. The van der Waals surface area contributed by atoms with Crippen molar-refractivity contribution in [2.24, 2.45) is 0 Å². The van der Waals surface area contributed by atoms with Gasteiger partial charge in [-0.15, -0.1) is 0 Å². The number of aryl methyl sites for hydroxylation is 2. The summed E-state index contributed by atoms with van der Waals surface area (Å²) in [6.45, 7) is 8.33. The molecular weight excluding hydrogens is 249 g/mol. The monoisotopic (exact) mass is 271 g/mol. The first kappa shape index (κ1) is 14.7. The minimum atomic E-state index is -0.152. The second-order valence-electron chi connectivity index (χ2n) is 5.49. The highest BCUT2D eigenvalue weighted by Gasteiger charge is 2.15. The Labute approximate surface area is 120 Å². The van der Waals surface area contributed by atoms with Gasteiger partial charge in [0.05, 0.1) is 0 Å². The summed E-state index contributed by atoms with van der Waals surface area (Å²) in [5, 5.41) is 3.47. The van der Waals surface area contributed by atoms with Crippen molar-refractivity contribution in [3.63, 3.8) is 0 Å². The van der Waals surface area contributed by atoms with Crippen molar-refractivity contribution in [2.45, 2.75) is 39.8 Å². The predicted molar refractivity (Wildman–Crippen MR) is 82.3 cm³/mol. The van der Waals surface area contributed by atoms with Crippen LogP contribution in [-0.4, -0.2) is 0 Å². The highest BCUT2D eigenvalue weighted by molar-refractivity contribution is 5.33. The summed E-state index contributed by atoms with van der Waals surface area (Å²) >= 11 is 0. The number of hydrogen-bond acceptors (Lipinski definition) is 1. The Bertz CT molecular complexity index is 592. The van der Waals surface area contributed by atoms with E-state index in [1.807, 2.05) is 19.1 Å². The zero-order chi connectivity index (χ0) is 14.7. The van der Waals surface area contributed by atoms with E-state index in [9.17, 15) is 4.39 Å². The molecule has 0 aliphatic rings. The second-order valence-corrected chi connectivity index (χ2v) is 5.49. The molecule has 0 fully saturated rings. The number of hydrogen-bond donors (Lipinski definition) is 1. The SMILES string of the molecule is Cc1ccc(C(C)N[C@H](C)c2ccccc2F)c(C)c1. The van der Waals surface area contributed by atoms with Crippen molar-refractivity contribution in [1.29, 1.82) is 0 Å². The van der Waals surface area contributed by atoms with Crippen LogP contribution in [0.2, 0.25) is 0 Å². The predicted octanol–water partition coefficient (Wildman–Crippen LogP) is 4.85. The van der Waals surface area contributed by atoms with Crippen LogP contribution in [0.1, 0.15) is 48.2 Å². The molecule has 0 saturated heterocycles. The van der Waals surface area contributed by atoms with Gasteiger partial charge in [0.25, 0.3) is 0 Å². The van der Waals surface area contributed by atoms with Gasteiger partial charge in [-0.25, -0.2) is 4.39 Å². The molecule has 0 aromatic heterocycles. The molecule has 0 bridgehead atoms. The van der Waals surface area contributed by atoms with Crippen molar-refractivity contribution in [3.05, 3.63) is 70.5 Å². The molecule has 0 aliphatic heterocycles. The Balaban J connectivity index is 2.15. The van der Waals surface area contributed by atoms with E-state index in [4.69, 9.17) is 0 Å². The molecule has 1 unspecified atom stereocenters. The normalized spacial score (nSPS) is 14.1. The summed E-state index contributed by atoms with van der Waals surface area (Å²) in [6, 6.07) is 13.6. The average Bonchev–Trinajstić information content (AvgIpc) is 2.38. The molecule has 2 aromatic rings. The van der Waals surface area contributed by atoms with E-state index < -0.39 is 0 Å². The molecule has 0 saturated carbocycles. The first-order chi connectivity index (χ1) is 9.49. The Hall–Kier alpha value is -1.67. The van der Waals surface area contributed by atoms with E-state index in [2.05, 4.69) is 44.3 Å². The minimum Gasteiger partial charge on any atom is -0.304 e. The minimum absolute atomic E-state index is 0.0214. The number of rotatable bonds is 4. The molecule has 0 amide bonds. The molecule has 2 atom stereocenters. The lowest BCUT2D eigenvalue weighted by atomic mass is 9.98. The van der Waals surface area contributed by atoms with Crippen LogP contribution < -0.4 is 5.32 Å². The molecule has 20 heavy (non-hydrogen) atoms. The van der Waals surface area contributed by atoms with E-state index in [0.717, 1.165) is 0 Å². The standard InChI is InChI=1S/C18H22FN/c1-12-9-10-16(13(2)11-12)14(3)20-15(4)17-7-5-6-8-18(17)19/h5-11,14-15,20H,1-4H3/t14?,15-/m1/s1. The fourth-order valence-corrected chi connectivity index (χ4v) is 2.69. The van der Waals surface area contributed by atoms with Crippen LogP contribution >= 0.6 is 0 Å². The lowest BCUT2D eigenvalue weighted by molar-refractivity contribution is 0.473. The summed E-state index contributed by atoms with van der Waals surface area (Å²) in [5.74, 6) is -0.152. The van der Waals surface area contributed by atoms with Crippen molar-refractivity contribution in [2.75, 3.05) is 0 Å². The zero-order valence-electron chi connectivity index (χ0n) is 12.6. The Morgan fingerprint density at radius 2 is 1.55 bits per heavy atom. The van der Waals surface area contributed by atoms with E-state index in [1.165, 1.54) is 22.8 Å². The third-order valence-electron chi connectivity index (χ3n) is 3.76. The molecule has 106 valence electrons. The quantitative estimate of drug-likeness (QED) is 0.837. The Kier molecular flexibility index (Phi) is 4.56. The smallest absolute Gasteiger partial charge is 0.127 e. The van der Waals surface area contributed by atoms with Crippen LogP contribution in [0.5, 0.6) is 0 Å². The van der Waals surface area contributed by atoms with Gasteiger partial charge in [0.15, 0.2) is 0 Å². The number of nitrogens with one attached hydrogen (secondary N) is 1. The molecule has 0 heterocycles. The van der Waals surface area contributed by atoms with Gasteiger partial charge in [-0.3, -0.25) is 0 Å². The van der Waals surface area contributed by atoms with Gasteiger partial charge in [-0.2, -0.15) is 0 Å². The molecule has 2 rings (SSSR count). The first-order valence-electron chi connectivity index (χ1n) is 7.06. The molecule has 0 radical (unpaired) electrons. The third-order valence-corrected chi connectivity index (χ3v) is 3.76. The molecule has 1 N–H and O–H groups in total. The third kappa shape index (κ3) is 3.26. The summed E-state index contributed by atoms with van der Waals surface area (Å²) in [5.41, 5.74) is 4.51. The highest BCUT2D eigenvalue weighted by atomic mass is 19.1. The zero-order valence-corrected chi connectivity index (χ0v) is 12.6. The first-order valence-corrected chi connectivity index (χ1v) is 7.06. The van der Waals surface area contributed by atoms with Gasteiger partial charge in [0, 0.05) is 17.6 Å². The van der Waals surface area contributed by atoms with Gasteiger partial charge < -0.3 is 5.32 Å². The second kappa shape index (κ2) is 6.19. The molecule has 2 heteroatoms. The maximum absolute atomic E-state index is 13.8. The van der Waals surface area contributed by atoms with Crippen LogP contribution in [0.25, 0.3) is 0 Å². The molecule has 0 aliphatic carbocycles. The Morgan fingerprint density at radius 3 is 2.20 bits per heavy atom.